The SMILES string of the molecule is CCCC(C)NCc1ncc(C)c([N+](=O)[O-])c1C. The van der Waals surface area contributed by atoms with E-state index in [9.17, 15) is 10.1 Å². The van der Waals surface area contributed by atoms with Gasteiger partial charge in [-0.1, -0.05) is 13.3 Å². The maximum Gasteiger partial charge on any atom is 0.278 e. The number of aromatic nitrogens is 1. The molecule has 5 heteroatoms. The van der Waals surface area contributed by atoms with Crippen LogP contribution in [-0.2, 0) is 6.54 Å². The van der Waals surface area contributed by atoms with Gasteiger partial charge >= 0.3 is 0 Å². The van der Waals surface area contributed by atoms with Crippen LogP contribution in [0.4, 0.5) is 5.69 Å². The van der Waals surface area contributed by atoms with Gasteiger partial charge in [0.1, 0.15) is 0 Å². The lowest BCUT2D eigenvalue weighted by Gasteiger charge is -2.13. The van der Waals surface area contributed by atoms with Crippen molar-refractivity contribution in [1.29, 1.82) is 0 Å². The van der Waals surface area contributed by atoms with Crippen molar-refractivity contribution < 1.29 is 4.92 Å². The normalized spacial score (nSPS) is 12.4. The van der Waals surface area contributed by atoms with Crippen LogP contribution in [0.1, 0.15) is 43.5 Å². The molecule has 0 aliphatic rings. The molecule has 1 N–H and O–H groups in total. The molecule has 100 valence electrons. The quantitative estimate of drug-likeness (QED) is 0.623. The highest BCUT2D eigenvalue weighted by molar-refractivity contribution is 5.47. The van der Waals surface area contributed by atoms with Crippen LogP contribution in [0.3, 0.4) is 0 Å². The van der Waals surface area contributed by atoms with E-state index < -0.39 is 0 Å². The molecular weight excluding hydrogens is 230 g/mol. The molecule has 1 atom stereocenters. The fourth-order valence-electron chi connectivity index (χ4n) is 2.03. The summed E-state index contributed by atoms with van der Waals surface area (Å²) in [5, 5.41) is 14.3. The smallest absolute Gasteiger partial charge is 0.278 e. The van der Waals surface area contributed by atoms with Crippen molar-refractivity contribution in [2.75, 3.05) is 0 Å². The lowest BCUT2D eigenvalue weighted by molar-refractivity contribution is -0.386. The fraction of sp³-hybridized carbons (Fsp3) is 0.615. The maximum absolute atomic E-state index is 11.0. The Morgan fingerprint density at radius 1 is 1.50 bits per heavy atom. The minimum atomic E-state index is -0.328. The zero-order valence-electron chi connectivity index (χ0n) is 11.5. The number of nitro groups is 1. The van der Waals surface area contributed by atoms with Gasteiger partial charge in [0.25, 0.3) is 5.69 Å². The molecule has 1 heterocycles. The van der Waals surface area contributed by atoms with Gasteiger partial charge in [-0.2, -0.15) is 0 Å². The summed E-state index contributed by atoms with van der Waals surface area (Å²) in [4.78, 5) is 15.0. The van der Waals surface area contributed by atoms with Gasteiger partial charge in [0.05, 0.1) is 10.6 Å². The van der Waals surface area contributed by atoms with Crippen molar-refractivity contribution in [1.82, 2.24) is 10.3 Å². The van der Waals surface area contributed by atoms with Gasteiger partial charge in [0.15, 0.2) is 0 Å². The molecule has 0 saturated heterocycles. The highest BCUT2D eigenvalue weighted by atomic mass is 16.6. The third-order valence-corrected chi connectivity index (χ3v) is 3.10. The Hall–Kier alpha value is -1.49. The first-order chi connectivity index (χ1) is 8.47. The first kappa shape index (κ1) is 14.6. The number of aryl methyl sites for hydroxylation is 1. The first-order valence-electron chi connectivity index (χ1n) is 6.30. The Kier molecular flexibility index (Phi) is 5.22. The summed E-state index contributed by atoms with van der Waals surface area (Å²) >= 11 is 0. The lowest BCUT2D eigenvalue weighted by atomic mass is 10.1. The molecule has 1 aromatic heterocycles. The molecule has 1 unspecified atom stereocenters. The number of nitrogens with zero attached hydrogens (tertiary/aromatic N) is 2. The second kappa shape index (κ2) is 6.44. The number of nitrogens with one attached hydrogen (secondary N) is 1. The standard InChI is InChI=1S/C13H21N3O2/c1-5-6-10(3)14-8-12-11(4)13(16(17)18)9(2)7-15-12/h7,10,14H,5-6,8H2,1-4H3. The van der Waals surface area contributed by atoms with Crippen LogP contribution in [0.2, 0.25) is 0 Å². The van der Waals surface area contributed by atoms with Crippen molar-refractivity contribution in [3.8, 4) is 0 Å². The van der Waals surface area contributed by atoms with Gasteiger partial charge < -0.3 is 5.32 Å². The van der Waals surface area contributed by atoms with Crippen LogP contribution in [0.5, 0.6) is 0 Å². The molecule has 0 bridgehead atoms. The third kappa shape index (κ3) is 3.50. The third-order valence-electron chi connectivity index (χ3n) is 3.10. The summed E-state index contributed by atoms with van der Waals surface area (Å²) in [5.41, 5.74) is 2.22. The van der Waals surface area contributed by atoms with Gasteiger partial charge in [-0.25, -0.2) is 0 Å². The van der Waals surface area contributed by atoms with Crippen LogP contribution < -0.4 is 5.32 Å². The molecule has 0 aliphatic carbocycles. The van der Waals surface area contributed by atoms with E-state index in [0.717, 1.165) is 18.5 Å². The molecule has 0 radical (unpaired) electrons. The highest BCUT2D eigenvalue weighted by Crippen LogP contribution is 2.23. The summed E-state index contributed by atoms with van der Waals surface area (Å²) in [6.45, 7) is 8.31. The van der Waals surface area contributed by atoms with E-state index in [1.807, 2.05) is 0 Å². The van der Waals surface area contributed by atoms with Crippen molar-refractivity contribution in [3.05, 3.63) is 33.1 Å². The summed E-state index contributed by atoms with van der Waals surface area (Å²) in [7, 11) is 0. The Morgan fingerprint density at radius 2 is 2.17 bits per heavy atom. The zero-order valence-corrected chi connectivity index (χ0v) is 11.5. The average Bonchev–Trinajstić information content (AvgIpc) is 2.28. The number of pyridine rings is 1. The average molecular weight is 251 g/mol. The fourth-order valence-corrected chi connectivity index (χ4v) is 2.03. The summed E-state index contributed by atoms with van der Waals surface area (Å²) in [5.74, 6) is 0. The van der Waals surface area contributed by atoms with Crippen molar-refractivity contribution in [3.63, 3.8) is 0 Å². The topological polar surface area (TPSA) is 68.1 Å². The van der Waals surface area contributed by atoms with Crippen LogP contribution in [0, 0.1) is 24.0 Å². The summed E-state index contributed by atoms with van der Waals surface area (Å²) in [6, 6.07) is 0.400. The summed E-state index contributed by atoms with van der Waals surface area (Å²) in [6.07, 6.45) is 3.79. The van der Waals surface area contributed by atoms with Gasteiger partial charge in [-0.05, 0) is 27.2 Å². The molecule has 0 aliphatic heterocycles. The van der Waals surface area contributed by atoms with Crippen molar-refractivity contribution in [2.45, 2.75) is 53.1 Å². The van der Waals surface area contributed by atoms with E-state index in [0.29, 0.717) is 23.7 Å². The monoisotopic (exact) mass is 251 g/mol. The molecule has 5 nitrogen and oxygen atoms in total. The Labute approximate surface area is 108 Å². The molecule has 1 rings (SSSR count). The molecule has 1 aromatic rings. The summed E-state index contributed by atoms with van der Waals surface area (Å²) < 4.78 is 0. The second-order valence-corrected chi connectivity index (χ2v) is 4.69. The molecular formula is C13H21N3O2. The Bertz CT molecular complexity index is 432. The minimum absolute atomic E-state index is 0.185. The van der Waals surface area contributed by atoms with E-state index in [1.165, 1.54) is 0 Å². The van der Waals surface area contributed by atoms with Crippen molar-refractivity contribution >= 4 is 5.69 Å². The molecule has 0 saturated carbocycles. The lowest BCUT2D eigenvalue weighted by Crippen LogP contribution is -2.26. The van der Waals surface area contributed by atoms with E-state index in [1.54, 1.807) is 20.0 Å². The zero-order chi connectivity index (χ0) is 13.7. The van der Waals surface area contributed by atoms with E-state index in [-0.39, 0.29) is 10.6 Å². The van der Waals surface area contributed by atoms with Gasteiger partial charge in [-0.3, -0.25) is 15.1 Å². The predicted octanol–water partition coefficient (Wildman–Crippen LogP) is 2.88. The molecule has 0 aromatic carbocycles. The first-order valence-corrected chi connectivity index (χ1v) is 6.30. The molecule has 0 fully saturated rings. The van der Waals surface area contributed by atoms with Crippen LogP contribution in [0.15, 0.2) is 6.20 Å². The van der Waals surface area contributed by atoms with Crippen molar-refractivity contribution in [2.24, 2.45) is 0 Å². The van der Waals surface area contributed by atoms with E-state index >= 15 is 0 Å². The number of hydrogen-bond acceptors (Lipinski definition) is 4. The number of rotatable bonds is 6. The van der Waals surface area contributed by atoms with Gasteiger partial charge in [0, 0.05) is 29.9 Å². The van der Waals surface area contributed by atoms with Gasteiger partial charge in [-0.15, -0.1) is 0 Å². The second-order valence-electron chi connectivity index (χ2n) is 4.69. The highest BCUT2D eigenvalue weighted by Gasteiger charge is 2.18. The Balaban J connectivity index is 2.85. The van der Waals surface area contributed by atoms with E-state index in [4.69, 9.17) is 0 Å². The molecule has 0 amide bonds. The van der Waals surface area contributed by atoms with Crippen LogP contribution >= 0.6 is 0 Å². The van der Waals surface area contributed by atoms with E-state index in [2.05, 4.69) is 24.1 Å². The number of hydrogen-bond donors (Lipinski definition) is 1. The predicted molar refractivity (Wildman–Crippen MR) is 71.6 cm³/mol. The molecule has 18 heavy (non-hydrogen) atoms. The largest absolute Gasteiger partial charge is 0.309 e. The minimum Gasteiger partial charge on any atom is -0.309 e. The molecule has 0 spiro atoms. The maximum atomic E-state index is 11.0. The Morgan fingerprint density at radius 3 is 2.72 bits per heavy atom. The van der Waals surface area contributed by atoms with Gasteiger partial charge in [0.2, 0.25) is 0 Å². The van der Waals surface area contributed by atoms with Crippen LogP contribution in [-0.4, -0.2) is 15.9 Å². The van der Waals surface area contributed by atoms with Crippen LogP contribution in [0.25, 0.3) is 0 Å².